The van der Waals surface area contributed by atoms with Crippen molar-refractivity contribution in [2.75, 3.05) is 7.11 Å². The SMILES string of the molecule is COc1ccc(-c2ncccn2)c(Cl)c1O. The predicted molar refractivity (Wildman–Crippen MR) is 60.7 cm³/mol. The molecule has 0 amide bonds. The molecule has 82 valence electrons. The van der Waals surface area contributed by atoms with Crippen LogP contribution in [0, 0.1) is 0 Å². The average Bonchev–Trinajstić information content (AvgIpc) is 2.34. The van der Waals surface area contributed by atoms with Gasteiger partial charge in [0.2, 0.25) is 0 Å². The molecule has 4 nitrogen and oxygen atoms in total. The Kier molecular flexibility index (Phi) is 2.92. The van der Waals surface area contributed by atoms with Crippen LogP contribution in [0.25, 0.3) is 11.4 Å². The molecule has 0 fully saturated rings. The largest absolute Gasteiger partial charge is 0.503 e. The minimum Gasteiger partial charge on any atom is -0.503 e. The van der Waals surface area contributed by atoms with Crippen molar-refractivity contribution in [1.82, 2.24) is 9.97 Å². The Bertz CT molecular complexity index is 503. The van der Waals surface area contributed by atoms with Crippen molar-refractivity contribution in [3.05, 3.63) is 35.6 Å². The van der Waals surface area contributed by atoms with Gasteiger partial charge in [0.15, 0.2) is 17.3 Å². The Morgan fingerprint density at radius 3 is 2.56 bits per heavy atom. The standard InChI is InChI=1S/C11H9ClN2O2/c1-16-8-4-3-7(9(12)10(8)15)11-13-5-2-6-14-11/h2-6,15H,1H3. The lowest BCUT2D eigenvalue weighted by atomic mass is 10.2. The van der Waals surface area contributed by atoms with Crippen LogP contribution in [0.5, 0.6) is 11.5 Å². The third kappa shape index (κ3) is 1.79. The highest BCUT2D eigenvalue weighted by Crippen LogP contribution is 2.39. The Hall–Kier alpha value is -1.81. The number of rotatable bonds is 2. The van der Waals surface area contributed by atoms with Crippen molar-refractivity contribution < 1.29 is 9.84 Å². The highest BCUT2D eigenvalue weighted by atomic mass is 35.5. The Morgan fingerprint density at radius 1 is 1.25 bits per heavy atom. The molecule has 2 rings (SSSR count). The first kappa shape index (κ1) is 10.7. The van der Waals surface area contributed by atoms with Gasteiger partial charge in [-0.25, -0.2) is 9.97 Å². The molecule has 1 aromatic heterocycles. The smallest absolute Gasteiger partial charge is 0.177 e. The van der Waals surface area contributed by atoms with Crippen molar-refractivity contribution in [1.29, 1.82) is 0 Å². The van der Waals surface area contributed by atoms with E-state index < -0.39 is 0 Å². The number of hydrogen-bond acceptors (Lipinski definition) is 4. The molecule has 0 atom stereocenters. The molecule has 2 aromatic rings. The predicted octanol–water partition coefficient (Wildman–Crippen LogP) is 2.51. The van der Waals surface area contributed by atoms with Gasteiger partial charge in [0, 0.05) is 18.0 Å². The summed E-state index contributed by atoms with van der Waals surface area (Å²) in [7, 11) is 1.46. The van der Waals surface area contributed by atoms with Crippen LogP contribution in [0.3, 0.4) is 0 Å². The van der Waals surface area contributed by atoms with E-state index in [4.69, 9.17) is 16.3 Å². The number of halogens is 1. The summed E-state index contributed by atoms with van der Waals surface area (Å²) in [4.78, 5) is 8.12. The first-order valence-electron chi connectivity index (χ1n) is 4.57. The van der Waals surface area contributed by atoms with E-state index in [0.717, 1.165) is 0 Å². The van der Waals surface area contributed by atoms with Crippen molar-refractivity contribution in [2.45, 2.75) is 0 Å². The Morgan fingerprint density at radius 2 is 1.94 bits per heavy atom. The lowest BCUT2D eigenvalue weighted by Crippen LogP contribution is -1.90. The molecule has 0 bridgehead atoms. The molecule has 1 heterocycles. The summed E-state index contributed by atoms with van der Waals surface area (Å²) in [5, 5.41) is 9.91. The van der Waals surface area contributed by atoms with Crippen LogP contribution in [0.15, 0.2) is 30.6 Å². The lowest BCUT2D eigenvalue weighted by Gasteiger charge is -2.08. The molecule has 0 radical (unpaired) electrons. The molecule has 0 unspecified atom stereocenters. The van der Waals surface area contributed by atoms with Crippen molar-refractivity contribution in [2.24, 2.45) is 0 Å². The average molecular weight is 237 g/mol. The van der Waals surface area contributed by atoms with E-state index in [-0.39, 0.29) is 10.8 Å². The monoisotopic (exact) mass is 236 g/mol. The third-order valence-corrected chi connectivity index (χ3v) is 2.49. The minimum atomic E-state index is -0.103. The van der Waals surface area contributed by atoms with E-state index >= 15 is 0 Å². The summed E-state index contributed by atoms with van der Waals surface area (Å²) in [5.41, 5.74) is 0.570. The first-order valence-corrected chi connectivity index (χ1v) is 4.94. The van der Waals surface area contributed by atoms with E-state index in [1.165, 1.54) is 7.11 Å². The molecule has 0 saturated heterocycles. The molecule has 0 saturated carbocycles. The summed E-state index contributed by atoms with van der Waals surface area (Å²) < 4.78 is 4.94. The number of benzene rings is 1. The summed E-state index contributed by atoms with van der Waals surface area (Å²) in [6.45, 7) is 0. The van der Waals surface area contributed by atoms with Crippen molar-refractivity contribution in [3.63, 3.8) is 0 Å². The van der Waals surface area contributed by atoms with Gasteiger partial charge >= 0.3 is 0 Å². The maximum Gasteiger partial charge on any atom is 0.177 e. The normalized spacial score (nSPS) is 10.1. The van der Waals surface area contributed by atoms with Crippen LogP contribution < -0.4 is 4.74 Å². The van der Waals surface area contributed by atoms with Gasteiger partial charge in [-0.3, -0.25) is 0 Å². The number of nitrogens with zero attached hydrogens (tertiary/aromatic N) is 2. The topological polar surface area (TPSA) is 55.2 Å². The molecular formula is C11H9ClN2O2. The van der Waals surface area contributed by atoms with Crippen molar-refractivity contribution >= 4 is 11.6 Å². The summed E-state index contributed by atoms with van der Waals surface area (Å²) in [5.74, 6) is 0.684. The van der Waals surface area contributed by atoms with Crippen LogP contribution in [-0.4, -0.2) is 22.2 Å². The van der Waals surface area contributed by atoms with Gasteiger partial charge in [0.05, 0.1) is 12.1 Å². The molecule has 0 spiro atoms. The van der Waals surface area contributed by atoms with Gasteiger partial charge in [-0.15, -0.1) is 0 Å². The summed E-state index contributed by atoms with van der Waals surface area (Å²) >= 11 is 6.00. The second kappa shape index (κ2) is 4.37. The van der Waals surface area contributed by atoms with Crippen LogP contribution >= 0.6 is 11.6 Å². The van der Waals surface area contributed by atoms with Gasteiger partial charge in [0.1, 0.15) is 0 Å². The molecule has 1 aromatic carbocycles. The number of phenolic OH excluding ortho intramolecular Hbond substituents is 1. The number of ether oxygens (including phenoxy) is 1. The van der Waals surface area contributed by atoms with Crippen LogP contribution in [0.4, 0.5) is 0 Å². The molecule has 0 aliphatic heterocycles. The van der Waals surface area contributed by atoms with E-state index in [1.54, 1.807) is 30.6 Å². The van der Waals surface area contributed by atoms with E-state index in [1.807, 2.05) is 0 Å². The maximum absolute atomic E-state index is 9.73. The molecular weight excluding hydrogens is 228 g/mol. The highest BCUT2D eigenvalue weighted by molar-refractivity contribution is 6.34. The van der Waals surface area contributed by atoms with Gasteiger partial charge in [0.25, 0.3) is 0 Å². The number of hydrogen-bond donors (Lipinski definition) is 1. The van der Waals surface area contributed by atoms with Crippen LogP contribution in [0.1, 0.15) is 0 Å². The fourth-order valence-electron chi connectivity index (χ4n) is 1.32. The van der Waals surface area contributed by atoms with E-state index in [9.17, 15) is 5.11 Å². The molecule has 16 heavy (non-hydrogen) atoms. The zero-order chi connectivity index (χ0) is 11.5. The zero-order valence-corrected chi connectivity index (χ0v) is 9.27. The third-order valence-electron chi connectivity index (χ3n) is 2.11. The van der Waals surface area contributed by atoms with Gasteiger partial charge in [-0.05, 0) is 18.2 Å². The number of methoxy groups -OCH3 is 1. The highest BCUT2D eigenvalue weighted by Gasteiger charge is 2.13. The van der Waals surface area contributed by atoms with Crippen LogP contribution in [0.2, 0.25) is 5.02 Å². The summed E-state index contributed by atoms with van der Waals surface area (Å²) in [6, 6.07) is 5.03. The van der Waals surface area contributed by atoms with Gasteiger partial charge < -0.3 is 9.84 Å². The summed E-state index contributed by atoms with van der Waals surface area (Å²) in [6.07, 6.45) is 3.22. The second-order valence-electron chi connectivity index (χ2n) is 3.05. The Labute approximate surface area is 97.5 Å². The first-order chi connectivity index (χ1) is 7.74. The quantitative estimate of drug-likeness (QED) is 0.871. The molecule has 0 aliphatic rings. The van der Waals surface area contributed by atoms with Crippen molar-refractivity contribution in [3.8, 4) is 22.9 Å². The second-order valence-corrected chi connectivity index (χ2v) is 3.43. The minimum absolute atomic E-state index is 0.103. The zero-order valence-electron chi connectivity index (χ0n) is 8.51. The number of aromatic nitrogens is 2. The maximum atomic E-state index is 9.73. The van der Waals surface area contributed by atoms with Crippen LogP contribution in [-0.2, 0) is 0 Å². The number of aromatic hydroxyl groups is 1. The lowest BCUT2D eigenvalue weighted by molar-refractivity contribution is 0.374. The number of phenols is 1. The molecule has 0 aliphatic carbocycles. The molecule has 5 heteroatoms. The van der Waals surface area contributed by atoms with E-state index in [0.29, 0.717) is 17.1 Å². The molecule has 1 N–H and O–H groups in total. The van der Waals surface area contributed by atoms with Gasteiger partial charge in [-0.1, -0.05) is 11.6 Å². The Balaban J connectivity index is 2.56. The fourth-order valence-corrected chi connectivity index (χ4v) is 1.56. The fraction of sp³-hybridized carbons (Fsp3) is 0.0909. The van der Waals surface area contributed by atoms with Gasteiger partial charge in [-0.2, -0.15) is 0 Å². The van der Waals surface area contributed by atoms with E-state index in [2.05, 4.69) is 9.97 Å².